The zero-order valence-corrected chi connectivity index (χ0v) is 16.3. The number of carboxylic acid groups (broad SMARTS) is 1. The standard InChI is InChI=1S/C20H25N3O5/c1-20(2,3)28-19(27)23-11-17(24)22(12-18(25)26)10-14(23)8-13-9-21-16-7-5-4-6-15(13)16/h4-7,9,14,21H,8,10-12H2,1-3H3,(H,25,26)/t14-/m1/s1. The number of aromatic nitrogens is 1. The Labute approximate surface area is 163 Å². The molecule has 1 aliphatic heterocycles. The summed E-state index contributed by atoms with van der Waals surface area (Å²) in [5, 5.41) is 10.1. The smallest absolute Gasteiger partial charge is 0.411 e. The Balaban J connectivity index is 1.87. The van der Waals surface area contributed by atoms with Crippen molar-refractivity contribution < 1.29 is 24.2 Å². The van der Waals surface area contributed by atoms with Crippen LogP contribution in [-0.2, 0) is 20.7 Å². The Morgan fingerprint density at radius 1 is 1.29 bits per heavy atom. The average Bonchev–Trinajstić information content (AvgIpc) is 2.98. The fraction of sp³-hybridized carbons (Fsp3) is 0.450. The molecule has 2 amide bonds. The summed E-state index contributed by atoms with van der Waals surface area (Å²) in [6.45, 7) is 4.86. The Bertz CT molecular complexity index is 899. The number of rotatable bonds is 4. The van der Waals surface area contributed by atoms with Gasteiger partial charge in [-0.15, -0.1) is 0 Å². The van der Waals surface area contributed by atoms with Gasteiger partial charge in [-0.25, -0.2) is 4.79 Å². The largest absolute Gasteiger partial charge is 0.480 e. The van der Waals surface area contributed by atoms with Crippen LogP contribution in [0.1, 0.15) is 26.3 Å². The van der Waals surface area contributed by atoms with Crippen molar-refractivity contribution in [1.29, 1.82) is 0 Å². The summed E-state index contributed by atoms with van der Waals surface area (Å²) >= 11 is 0. The molecule has 1 saturated heterocycles. The lowest BCUT2D eigenvalue weighted by atomic mass is 10.0. The summed E-state index contributed by atoms with van der Waals surface area (Å²) < 4.78 is 5.47. The lowest BCUT2D eigenvalue weighted by Gasteiger charge is -2.40. The third kappa shape index (κ3) is 4.44. The number of aliphatic carboxylic acids is 1. The molecule has 1 aromatic heterocycles. The van der Waals surface area contributed by atoms with E-state index in [1.54, 1.807) is 20.8 Å². The van der Waals surface area contributed by atoms with Crippen molar-refractivity contribution in [3.8, 4) is 0 Å². The van der Waals surface area contributed by atoms with Gasteiger partial charge >= 0.3 is 12.1 Å². The van der Waals surface area contributed by atoms with Crippen LogP contribution in [0.15, 0.2) is 30.5 Å². The first-order valence-electron chi connectivity index (χ1n) is 9.18. The molecule has 1 aliphatic rings. The van der Waals surface area contributed by atoms with E-state index in [4.69, 9.17) is 9.84 Å². The van der Waals surface area contributed by atoms with E-state index in [2.05, 4.69) is 4.98 Å². The van der Waals surface area contributed by atoms with Crippen molar-refractivity contribution in [3.05, 3.63) is 36.0 Å². The number of piperazine rings is 1. The fourth-order valence-corrected chi connectivity index (χ4v) is 3.41. The highest BCUT2D eigenvalue weighted by atomic mass is 16.6. The fourth-order valence-electron chi connectivity index (χ4n) is 3.41. The second-order valence-electron chi connectivity index (χ2n) is 7.99. The van der Waals surface area contributed by atoms with Gasteiger partial charge in [0.1, 0.15) is 18.7 Å². The quantitative estimate of drug-likeness (QED) is 0.838. The van der Waals surface area contributed by atoms with E-state index < -0.39 is 23.6 Å². The van der Waals surface area contributed by atoms with Crippen LogP contribution in [0.4, 0.5) is 4.79 Å². The van der Waals surface area contributed by atoms with Gasteiger partial charge in [0.05, 0.1) is 6.04 Å². The van der Waals surface area contributed by atoms with E-state index in [0.29, 0.717) is 6.42 Å². The van der Waals surface area contributed by atoms with Gasteiger partial charge in [-0.2, -0.15) is 0 Å². The van der Waals surface area contributed by atoms with Gasteiger partial charge in [0, 0.05) is 23.6 Å². The highest BCUT2D eigenvalue weighted by molar-refractivity contribution is 5.87. The predicted molar refractivity (Wildman–Crippen MR) is 103 cm³/mol. The minimum absolute atomic E-state index is 0.143. The molecule has 1 aromatic carbocycles. The molecule has 0 bridgehead atoms. The zero-order valence-electron chi connectivity index (χ0n) is 16.3. The Morgan fingerprint density at radius 3 is 2.68 bits per heavy atom. The summed E-state index contributed by atoms with van der Waals surface area (Å²) in [4.78, 5) is 42.1. The monoisotopic (exact) mass is 387 g/mol. The average molecular weight is 387 g/mol. The number of aromatic amines is 1. The number of hydrogen-bond donors (Lipinski definition) is 2. The molecule has 150 valence electrons. The van der Waals surface area contributed by atoms with Gasteiger partial charge in [0.2, 0.25) is 5.91 Å². The lowest BCUT2D eigenvalue weighted by Crippen LogP contribution is -2.60. The third-order valence-corrected chi connectivity index (χ3v) is 4.61. The van der Waals surface area contributed by atoms with E-state index >= 15 is 0 Å². The summed E-state index contributed by atoms with van der Waals surface area (Å²) in [7, 11) is 0. The van der Waals surface area contributed by atoms with Crippen LogP contribution >= 0.6 is 0 Å². The van der Waals surface area contributed by atoms with Crippen LogP contribution in [0.3, 0.4) is 0 Å². The first-order chi connectivity index (χ1) is 13.1. The van der Waals surface area contributed by atoms with Crippen LogP contribution in [0.5, 0.6) is 0 Å². The second-order valence-corrected chi connectivity index (χ2v) is 7.99. The number of carboxylic acids is 1. The summed E-state index contributed by atoms with van der Waals surface area (Å²) in [6.07, 6.45) is 1.79. The summed E-state index contributed by atoms with van der Waals surface area (Å²) in [6, 6.07) is 7.44. The van der Waals surface area contributed by atoms with E-state index in [9.17, 15) is 14.4 Å². The molecule has 0 radical (unpaired) electrons. The lowest BCUT2D eigenvalue weighted by molar-refractivity contribution is -0.148. The first kappa shape index (κ1) is 19.7. The number of H-pyrrole nitrogens is 1. The molecule has 8 heteroatoms. The van der Waals surface area contributed by atoms with Crippen LogP contribution in [0.25, 0.3) is 10.9 Å². The van der Waals surface area contributed by atoms with Gasteiger partial charge < -0.3 is 19.7 Å². The van der Waals surface area contributed by atoms with Gasteiger partial charge in [-0.1, -0.05) is 18.2 Å². The van der Waals surface area contributed by atoms with Crippen molar-refractivity contribution in [2.45, 2.75) is 38.8 Å². The molecule has 0 saturated carbocycles. The molecule has 2 aromatic rings. The molecule has 2 N–H and O–H groups in total. The number of fused-ring (bicyclic) bond motifs is 1. The molecule has 0 spiro atoms. The number of ether oxygens (including phenoxy) is 1. The van der Waals surface area contributed by atoms with Gasteiger partial charge in [0.15, 0.2) is 0 Å². The molecule has 1 fully saturated rings. The number of nitrogens with one attached hydrogen (secondary N) is 1. The minimum atomic E-state index is -1.08. The molecule has 3 rings (SSSR count). The number of nitrogens with zero attached hydrogens (tertiary/aromatic N) is 2. The maximum absolute atomic E-state index is 12.7. The molecule has 8 nitrogen and oxygen atoms in total. The molecule has 0 unspecified atom stereocenters. The third-order valence-electron chi connectivity index (χ3n) is 4.61. The SMILES string of the molecule is CC(C)(C)OC(=O)N1CC(=O)N(CC(=O)O)C[C@H]1Cc1c[nH]c2ccccc12. The Morgan fingerprint density at radius 2 is 2.00 bits per heavy atom. The van der Waals surface area contributed by atoms with Gasteiger partial charge in [0.25, 0.3) is 0 Å². The molecule has 0 aliphatic carbocycles. The zero-order chi connectivity index (χ0) is 20.5. The van der Waals surface area contributed by atoms with Crippen LogP contribution in [-0.4, -0.2) is 69.1 Å². The highest BCUT2D eigenvalue weighted by Crippen LogP contribution is 2.24. The number of benzene rings is 1. The Hall–Kier alpha value is -3.03. The van der Waals surface area contributed by atoms with Crippen molar-refractivity contribution in [2.75, 3.05) is 19.6 Å². The maximum Gasteiger partial charge on any atom is 0.411 e. The number of amides is 2. The number of carbonyl (C=O) groups excluding carboxylic acids is 2. The molecular formula is C20H25N3O5. The number of hydrogen-bond acceptors (Lipinski definition) is 4. The molecule has 1 atom stereocenters. The van der Waals surface area contributed by atoms with Crippen molar-refractivity contribution in [2.24, 2.45) is 0 Å². The van der Waals surface area contributed by atoms with Crippen molar-refractivity contribution >= 4 is 28.9 Å². The molecular weight excluding hydrogens is 362 g/mol. The number of para-hydroxylation sites is 1. The normalized spacial score (nSPS) is 17.8. The van der Waals surface area contributed by atoms with Gasteiger partial charge in [-0.05, 0) is 38.8 Å². The van der Waals surface area contributed by atoms with Crippen LogP contribution in [0, 0.1) is 0 Å². The predicted octanol–water partition coefficient (Wildman–Crippen LogP) is 2.24. The summed E-state index contributed by atoms with van der Waals surface area (Å²) in [5.74, 6) is -1.48. The highest BCUT2D eigenvalue weighted by Gasteiger charge is 2.38. The van der Waals surface area contributed by atoms with E-state index in [0.717, 1.165) is 16.5 Å². The van der Waals surface area contributed by atoms with Crippen molar-refractivity contribution in [3.63, 3.8) is 0 Å². The van der Waals surface area contributed by atoms with Crippen LogP contribution < -0.4 is 0 Å². The first-order valence-corrected chi connectivity index (χ1v) is 9.18. The van der Waals surface area contributed by atoms with Crippen molar-refractivity contribution in [1.82, 2.24) is 14.8 Å². The van der Waals surface area contributed by atoms with E-state index in [1.165, 1.54) is 9.80 Å². The minimum Gasteiger partial charge on any atom is -0.480 e. The molecule has 28 heavy (non-hydrogen) atoms. The number of carbonyl (C=O) groups is 3. The van der Waals surface area contributed by atoms with E-state index in [-0.39, 0.29) is 25.7 Å². The van der Waals surface area contributed by atoms with Gasteiger partial charge in [-0.3, -0.25) is 14.5 Å². The topological polar surface area (TPSA) is 103 Å². The maximum atomic E-state index is 12.7. The van der Waals surface area contributed by atoms with Crippen LogP contribution in [0.2, 0.25) is 0 Å². The summed E-state index contributed by atoms with van der Waals surface area (Å²) in [5.41, 5.74) is 1.29. The van der Waals surface area contributed by atoms with E-state index in [1.807, 2.05) is 30.5 Å². The second kappa shape index (κ2) is 7.53. The Kier molecular flexibility index (Phi) is 5.31. The molecule has 2 heterocycles.